The van der Waals surface area contributed by atoms with Gasteiger partial charge in [-0.3, -0.25) is 14.7 Å². The predicted molar refractivity (Wildman–Crippen MR) is 170 cm³/mol. The van der Waals surface area contributed by atoms with E-state index in [0.717, 1.165) is 0 Å². The third-order valence-electron chi connectivity index (χ3n) is 7.31. The summed E-state index contributed by atoms with van der Waals surface area (Å²) in [7, 11) is 1.65. The Balaban J connectivity index is 1.87. The molecule has 2 aromatic heterocycles. The van der Waals surface area contributed by atoms with Crippen LogP contribution in [0.3, 0.4) is 0 Å². The summed E-state index contributed by atoms with van der Waals surface area (Å²) in [5.41, 5.74) is 2.07. The third-order valence-corrected chi connectivity index (χ3v) is 7.60. The number of aromatic nitrogens is 3. The number of amidine groups is 1. The van der Waals surface area contributed by atoms with Crippen molar-refractivity contribution in [2.45, 2.75) is 66.0 Å². The molecule has 1 unspecified atom stereocenters. The van der Waals surface area contributed by atoms with Crippen LogP contribution in [0.1, 0.15) is 58.5 Å². The van der Waals surface area contributed by atoms with E-state index in [1.54, 1.807) is 36.2 Å². The zero-order valence-electron chi connectivity index (χ0n) is 26.3. The molecule has 0 radical (unpaired) electrons. The summed E-state index contributed by atoms with van der Waals surface area (Å²) in [6, 6.07) is 7.70. The molecule has 0 spiro atoms. The number of piperazine rings is 1. The largest absolute Gasteiger partial charge is 0.444 e. The van der Waals surface area contributed by atoms with Gasteiger partial charge in [0.25, 0.3) is 0 Å². The minimum absolute atomic E-state index is 0.171. The first-order valence-electron chi connectivity index (χ1n) is 14.7. The third kappa shape index (κ3) is 6.83. The molecule has 0 bridgehead atoms. The lowest BCUT2D eigenvalue weighted by Gasteiger charge is -2.42. The summed E-state index contributed by atoms with van der Waals surface area (Å²) >= 11 is 6.82. The maximum atomic E-state index is 15.0. The van der Waals surface area contributed by atoms with Crippen LogP contribution in [-0.4, -0.2) is 81.4 Å². The Bertz CT molecular complexity index is 1540. The molecule has 3 aromatic rings. The smallest absolute Gasteiger partial charge is 0.410 e. The maximum absolute atomic E-state index is 15.0. The highest BCUT2D eigenvalue weighted by atomic mass is 35.5. The van der Waals surface area contributed by atoms with Crippen molar-refractivity contribution in [2.75, 3.05) is 31.6 Å². The predicted octanol–water partition coefficient (Wildman–Crippen LogP) is 6.07. The minimum Gasteiger partial charge on any atom is -0.444 e. The van der Waals surface area contributed by atoms with Gasteiger partial charge < -0.3 is 14.5 Å². The van der Waals surface area contributed by atoms with Gasteiger partial charge in [0.2, 0.25) is 6.41 Å². The highest BCUT2D eigenvalue weighted by Crippen LogP contribution is 2.38. The molecule has 1 aromatic carbocycles. The van der Waals surface area contributed by atoms with E-state index in [2.05, 4.69) is 15.0 Å². The molecule has 2 amide bonds. The second-order valence-electron chi connectivity index (χ2n) is 11.5. The van der Waals surface area contributed by atoms with E-state index < -0.39 is 11.4 Å². The standard InChI is InChI=1S/C32H39ClFN7O3/c1-8-25-28(26(9-2)37-18-36-25)41(19-42)30-22(16-23(33)27(38-30)21-12-10-11-13-24(21)34)29(35-7)40-15-14-39(17-20(40)3)31(43)44-32(4,5)6/h10-13,16,18-20H,8-9,14-15,17H2,1-7H3. The fourth-order valence-electron chi connectivity index (χ4n) is 5.30. The zero-order chi connectivity index (χ0) is 32.2. The molecule has 1 aliphatic heterocycles. The number of pyridine rings is 1. The lowest BCUT2D eigenvalue weighted by atomic mass is 10.1. The van der Waals surface area contributed by atoms with E-state index in [9.17, 15) is 9.59 Å². The molecule has 1 saturated heterocycles. The first kappa shape index (κ1) is 32.8. The molecular weight excluding hydrogens is 585 g/mol. The van der Waals surface area contributed by atoms with Gasteiger partial charge in [-0.2, -0.15) is 0 Å². The Labute approximate surface area is 262 Å². The highest BCUT2D eigenvalue weighted by molar-refractivity contribution is 6.33. The van der Waals surface area contributed by atoms with Crippen LogP contribution in [-0.2, 0) is 22.4 Å². The van der Waals surface area contributed by atoms with Gasteiger partial charge in [0.1, 0.15) is 23.6 Å². The number of carbonyl (C=O) groups is 2. The molecular formula is C32H39ClFN7O3. The minimum atomic E-state index is -0.612. The van der Waals surface area contributed by atoms with Crippen LogP contribution in [0.25, 0.3) is 11.3 Å². The topological polar surface area (TPSA) is 104 Å². The van der Waals surface area contributed by atoms with Gasteiger partial charge >= 0.3 is 6.09 Å². The lowest BCUT2D eigenvalue weighted by molar-refractivity contribution is -0.106. The summed E-state index contributed by atoms with van der Waals surface area (Å²) in [5, 5.41) is 0.191. The Morgan fingerprint density at radius 1 is 1.18 bits per heavy atom. The van der Waals surface area contributed by atoms with Gasteiger partial charge in [-0.05, 0) is 58.7 Å². The zero-order valence-corrected chi connectivity index (χ0v) is 27.0. The number of ether oxygens (including phenoxy) is 1. The van der Waals surface area contributed by atoms with Crippen molar-refractivity contribution in [2.24, 2.45) is 4.99 Å². The summed E-state index contributed by atoms with van der Waals surface area (Å²) in [4.78, 5) is 49.3. The fourth-order valence-corrected chi connectivity index (χ4v) is 5.55. The van der Waals surface area contributed by atoms with Crippen LogP contribution in [0.4, 0.5) is 20.7 Å². The number of amides is 2. The molecule has 10 nitrogen and oxygen atoms in total. The van der Waals surface area contributed by atoms with Gasteiger partial charge in [0.05, 0.1) is 33.4 Å². The van der Waals surface area contributed by atoms with Gasteiger partial charge in [0, 0.05) is 38.3 Å². The first-order chi connectivity index (χ1) is 20.9. The van der Waals surface area contributed by atoms with E-state index in [4.69, 9.17) is 21.3 Å². The Morgan fingerprint density at radius 2 is 1.84 bits per heavy atom. The van der Waals surface area contributed by atoms with Crippen molar-refractivity contribution in [1.82, 2.24) is 24.8 Å². The average Bonchev–Trinajstić information content (AvgIpc) is 2.99. The quantitative estimate of drug-likeness (QED) is 0.179. The van der Waals surface area contributed by atoms with Gasteiger partial charge in [-0.25, -0.2) is 24.1 Å². The number of aryl methyl sites for hydroxylation is 2. The second kappa shape index (κ2) is 13.7. The SMILES string of the molecule is CCc1ncnc(CC)c1N(C=O)c1nc(-c2ccccc2F)c(Cl)cc1C(=NC)N1CCN(C(=O)OC(C)(C)C)CC1C. The number of aliphatic imine (C=N–C) groups is 1. The molecule has 3 heterocycles. The van der Waals surface area contributed by atoms with E-state index >= 15 is 4.39 Å². The highest BCUT2D eigenvalue weighted by Gasteiger charge is 2.34. The molecule has 0 saturated carbocycles. The van der Waals surface area contributed by atoms with E-state index in [-0.39, 0.29) is 34.2 Å². The van der Waals surface area contributed by atoms with E-state index in [1.807, 2.05) is 46.4 Å². The summed E-state index contributed by atoms with van der Waals surface area (Å²) in [6.45, 7) is 12.6. The van der Waals surface area contributed by atoms with Crippen LogP contribution < -0.4 is 4.90 Å². The Morgan fingerprint density at radius 3 is 2.39 bits per heavy atom. The molecule has 44 heavy (non-hydrogen) atoms. The molecule has 1 fully saturated rings. The van der Waals surface area contributed by atoms with Gasteiger partial charge in [-0.15, -0.1) is 0 Å². The van der Waals surface area contributed by atoms with Crippen LogP contribution >= 0.6 is 11.6 Å². The Kier molecular flexibility index (Phi) is 10.2. The first-order valence-corrected chi connectivity index (χ1v) is 15.1. The maximum Gasteiger partial charge on any atom is 0.410 e. The van der Waals surface area contributed by atoms with Crippen LogP contribution in [0, 0.1) is 5.82 Å². The molecule has 4 rings (SSSR count). The molecule has 12 heteroatoms. The lowest BCUT2D eigenvalue weighted by Crippen LogP contribution is -2.56. The van der Waals surface area contributed by atoms with Crippen molar-refractivity contribution >= 4 is 41.4 Å². The molecule has 1 atom stereocenters. The second-order valence-corrected chi connectivity index (χ2v) is 11.9. The van der Waals surface area contributed by atoms with Crippen molar-refractivity contribution < 1.29 is 18.7 Å². The van der Waals surface area contributed by atoms with E-state index in [1.165, 1.54) is 17.3 Å². The number of nitrogens with zero attached hydrogens (tertiary/aromatic N) is 7. The number of rotatable bonds is 7. The number of carbonyl (C=O) groups excluding carboxylic acids is 2. The van der Waals surface area contributed by atoms with Crippen molar-refractivity contribution in [3.8, 4) is 11.3 Å². The number of benzene rings is 1. The van der Waals surface area contributed by atoms with Crippen molar-refractivity contribution in [3.63, 3.8) is 0 Å². The van der Waals surface area contributed by atoms with Gasteiger partial charge in [-0.1, -0.05) is 37.6 Å². The normalized spacial score (nSPS) is 15.8. The fraction of sp³-hybridized carbons (Fsp3) is 0.438. The van der Waals surface area contributed by atoms with Crippen molar-refractivity contribution in [3.05, 3.63) is 64.5 Å². The summed E-state index contributed by atoms with van der Waals surface area (Å²) in [5.74, 6) is 0.232. The Hall–Kier alpha value is -4.12. The number of hydrogen-bond donors (Lipinski definition) is 0. The average molecular weight is 624 g/mol. The summed E-state index contributed by atoms with van der Waals surface area (Å²) < 4.78 is 20.6. The summed E-state index contributed by atoms with van der Waals surface area (Å²) in [6.07, 6.45) is 2.84. The number of hydrogen-bond acceptors (Lipinski definition) is 7. The molecule has 1 aliphatic rings. The number of halogens is 2. The van der Waals surface area contributed by atoms with Crippen molar-refractivity contribution in [1.29, 1.82) is 0 Å². The van der Waals surface area contributed by atoms with Crippen LogP contribution in [0.2, 0.25) is 5.02 Å². The molecule has 234 valence electrons. The van der Waals surface area contributed by atoms with Gasteiger partial charge in [0.15, 0.2) is 5.82 Å². The monoisotopic (exact) mass is 623 g/mol. The van der Waals surface area contributed by atoms with E-state index in [0.29, 0.717) is 67.4 Å². The van der Waals surface area contributed by atoms with Crippen LogP contribution in [0.15, 0.2) is 41.7 Å². The number of anilines is 2. The van der Waals surface area contributed by atoms with Crippen LogP contribution in [0.5, 0.6) is 0 Å². The molecule has 0 aliphatic carbocycles. The molecule has 0 N–H and O–H groups in total.